The highest BCUT2D eigenvalue weighted by atomic mass is 35.5. The maximum Gasteiger partial charge on any atom is 0.253 e. The predicted octanol–water partition coefficient (Wildman–Crippen LogP) is 1.55. The number of likely N-dealkylation sites (tertiary alicyclic amines) is 1. The van der Waals surface area contributed by atoms with Gasteiger partial charge in [0.2, 0.25) is 5.91 Å². The fourth-order valence-electron chi connectivity index (χ4n) is 2.91. The smallest absolute Gasteiger partial charge is 0.253 e. The number of amides is 2. The molecule has 2 unspecified atom stereocenters. The first-order valence-electron chi connectivity index (χ1n) is 6.47. The summed E-state index contributed by atoms with van der Waals surface area (Å²) >= 11 is 5.82. The van der Waals surface area contributed by atoms with E-state index in [1.54, 1.807) is 24.3 Å². The zero-order valence-corrected chi connectivity index (χ0v) is 11.2. The fraction of sp³-hybridized carbons (Fsp3) is 0.429. The first kappa shape index (κ1) is 12.5. The maximum atomic E-state index is 12.4. The molecule has 5 heteroatoms. The van der Waals surface area contributed by atoms with Crippen molar-refractivity contribution in [2.24, 2.45) is 11.8 Å². The molecule has 2 aliphatic heterocycles. The monoisotopic (exact) mass is 278 g/mol. The summed E-state index contributed by atoms with van der Waals surface area (Å²) in [7, 11) is 0. The summed E-state index contributed by atoms with van der Waals surface area (Å²) in [4.78, 5) is 25.8. The van der Waals surface area contributed by atoms with Gasteiger partial charge < -0.3 is 10.2 Å². The van der Waals surface area contributed by atoms with Crippen LogP contribution in [0.15, 0.2) is 24.3 Å². The minimum absolute atomic E-state index is 0.0227. The molecule has 2 amide bonds. The molecule has 0 spiro atoms. The van der Waals surface area contributed by atoms with Gasteiger partial charge in [0, 0.05) is 42.1 Å². The van der Waals surface area contributed by atoms with Crippen molar-refractivity contribution >= 4 is 23.4 Å². The second kappa shape index (κ2) is 4.85. The summed E-state index contributed by atoms with van der Waals surface area (Å²) in [6.07, 6.45) is 0.760. The Balaban J connectivity index is 1.72. The molecule has 0 saturated carbocycles. The topological polar surface area (TPSA) is 49.4 Å². The van der Waals surface area contributed by atoms with Crippen LogP contribution in [0.4, 0.5) is 0 Å². The largest absolute Gasteiger partial charge is 0.355 e. The van der Waals surface area contributed by atoms with Crippen molar-refractivity contribution in [1.82, 2.24) is 10.2 Å². The number of carbonyl (C=O) groups excluding carboxylic acids is 2. The zero-order valence-electron chi connectivity index (χ0n) is 10.4. The molecule has 2 saturated heterocycles. The van der Waals surface area contributed by atoms with Crippen LogP contribution in [0.2, 0.25) is 5.02 Å². The van der Waals surface area contributed by atoms with E-state index < -0.39 is 0 Å². The Morgan fingerprint density at radius 2 is 2.05 bits per heavy atom. The fourth-order valence-corrected chi connectivity index (χ4v) is 3.03. The number of fused-ring (bicyclic) bond motifs is 1. The van der Waals surface area contributed by atoms with Gasteiger partial charge in [0.25, 0.3) is 5.91 Å². The summed E-state index contributed by atoms with van der Waals surface area (Å²) in [6, 6.07) is 6.94. The van der Waals surface area contributed by atoms with Crippen molar-refractivity contribution in [1.29, 1.82) is 0 Å². The average Bonchev–Trinajstić information content (AvgIpc) is 2.80. The highest BCUT2D eigenvalue weighted by molar-refractivity contribution is 6.30. The minimum atomic E-state index is 0.0227. The van der Waals surface area contributed by atoms with E-state index >= 15 is 0 Å². The van der Waals surface area contributed by atoms with Crippen LogP contribution < -0.4 is 5.32 Å². The van der Waals surface area contributed by atoms with Crippen molar-refractivity contribution in [2.45, 2.75) is 6.42 Å². The van der Waals surface area contributed by atoms with E-state index in [-0.39, 0.29) is 23.7 Å². The summed E-state index contributed by atoms with van der Waals surface area (Å²) < 4.78 is 0. The Morgan fingerprint density at radius 1 is 1.32 bits per heavy atom. The van der Waals surface area contributed by atoms with E-state index in [2.05, 4.69) is 5.32 Å². The molecule has 1 N–H and O–H groups in total. The number of carbonyl (C=O) groups is 2. The third kappa shape index (κ3) is 2.32. The molecule has 0 bridgehead atoms. The Kier molecular flexibility index (Phi) is 3.19. The lowest BCUT2D eigenvalue weighted by atomic mass is 9.88. The maximum absolute atomic E-state index is 12.4. The molecule has 2 fully saturated rings. The van der Waals surface area contributed by atoms with Crippen molar-refractivity contribution in [3.05, 3.63) is 34.9 Å². The van der Waals surface area contributed by atoms with Crippen LogP contribution >= 0.6 is 11.6 Å². The number of nitrogens with zero attached hydrogens (tertiary/aromatic N) is 1. The quantitative estimate of drug-likeness (QED) is 0.847. The van der Waals surface area contributed by atoms with Gasteiger partial charge in [-0.05, 0) is 30.7 Å². The predicted molar refractivity (Wildman–Crippen MR) is 72.0 cm³/mol. The van der Waals surface area contributed by atoms with Gasteiger partial charge in [0.1, 0.15) is 0 Å². The van der Waals surface area contributed by atoms with Crippen LogP contribution in [0, 0.1) is 11.8 Å². The summed E-state index contributed by atoms with van der Waals surface area (Å²) in [6.45, 7) is 1.99. The van der Waals surface area contributed by atoms with E-state index in [4.69, 9.17) is 11.6 Å². The first-order chi connectivity index (χ1) is 9.15. The molecule has 100 valence electrons. The van der Waals surface area contributed by atoms with Gasteiger partial charge in [-0.3, -0.25) is 9.59 Å². The molecule has 1 aromatic carbocycles. The number of benzene rings is 1. The van der Waals surface area contributed by atoms with E-state index in [1.165, 1.54) is 0 Å². The van der Waals surface area contributed by atoms with Crippen LogP contribution in [0.3, 0.4) is 0 Å². The molecule has 19 heavy (non-hydrogen) atoms. The molecule has 2 aliphatic rings. The Labute approximate surface area is 116 Å². The molecule has 2 atom stereocenters. The van der Waals surface area contributed by atoms with Crippen LogP contribution in [-0.2, 0) is 4.79 Å². The first-order valence-corrected chi connectivity index (χ1v) is 6.85. The van der Waals surface area contributed by atoms with Crippen LogP contribution in [0.5, 0.6) is 0 Å². The van der Waals surface area contributed by atoms with Crippen molar-refractivity contribution in [3.8, 4) is 0 Å². The molecule has 0 aromatic heterocycles. The van der Waals surface area contributed by atoms with Gasteiger partial charge in [-0.15, -0.1) is 0 Å². The normalized spacial score (nSPS) is 25.9. The van der Waals surface area contributed by atoms with E-state index in [1.807, 2.05) is 4.90 Å². The Morgan fingerprint density at radius 3 is 2.79 bits per heavy atom. The van der Waals surface area contributed by atoms with Gasteiger partial charge in [0.05, 0.1) is 0 Å². The van der Waals surface area contributed by atoms with Crippen LogP contribution in [0.25, 0.3) is 0 Å². The summed E-state index contributed by atoms with van der Waals surface area (Å²) in [5, 5.41) is 3.50. The highest BCUT2D eigenvalue weighted by Crippen LogP contribution is 2.28. The van der Waals surface area contributed by atoms with Crippen molar-refractivity contribution in [2.75, 3.05) is 19.6 Å². The lowest BCUT2D eigenvalue weighted by Crippen LogP contribution is -2.44. The molecule has 4 nitrogen and oxygen atoms in total. The van der Waals surface area contributed by atoms with E-state index in [9.17, 15) is 9.59 Å². The number of hydrogen-bond donors (Lipinski definition) is 1. The number of hydrogen-bond acceptors (Lipinski definition) is 2. The van der Waals surface area contributed by atoms with Crippen molar-refractivity contribution in [3.63, 3.8) is 0 Å². The molecule has 0 radical (unpaired) electrons. The third-order valence-corrected chi connectivity index (χ3v) is 4.24. The lowest BCUT2D eigenvalue weighted by Gasteiger charge is -2.33. The van der Waals surface area contributed by atoms with Crippen LogP contribution in [0.1, 0.15) is 16.8 Å². The lowest BCUT2D eigenvalue weighted by molar-refractivity contribution is -0.123. The average molecular weight is 279 g/mol. The Hall–Kier alpha value is -1.55. The molecule has 3 rings (SSSR count). The highest BCUT2D eigenvalue weighted by Gasteiger charge is 2.39. The minimum Gasteiger partial charge on any atom is -0.355 e. The number of rotatable bonds is 1. The van der Waals surface area contributed by atoms with Gasteiger partial charge in [-0.2, -0.15) is 0 Å². The van der Waals surface area contributed by atoms with E-state index in [0.29, 0.717) is 30.2 Å². The summed E-state index contributed by atoms with van der Waals surface area (Å²) in [5.74, 6) is 0.518. The Bertz CT molecular complexity index is 515. The number of nitrogens with one attached hydrogen (secondary N) is 1. The SMILES string of the molecule is O=C1NCC2CN(C(=O)c3ccc(Cl)cc3)CCC12. The molecular weight excluding hydrogens is 264 g/mol. The van der Waals surface area contributed by atoms with E-state index in [0.717, 1.165) is 6.42 Å². The second-order valence-corrected chi connectivity index (χ2v) is 5.59. The van der Waals surface area contributed by atoms with Gasteiger partial charge in [-0.1, -0.05) is 11.6 Å². The molecule has 1 aromatic rings. The number of piperidine rings is 1. The second-order valence-electron chi connectivity index (χ2n) is 5.16. The summed E-state index contributed by atoms with van der Waals surface area (Å²) in [5.41, 5.74) is 0.653. The molecule has 0 aliphatic carbocycles. The molecular formula is C14H15ClN2O2. The van der Waals surface area contributed by atoms with Crippen molar-refractivity contribution < 1.29 is 9.59 Å². The zero-order chi connectivity index (χ0) is 13.4. The number of halogens is 1. The third-order valence-electron chi connectivity index (χ3n) is 3.99. The van der Waals surface area contributed by atoms with Gasteiger partial charge in [0.15, 0.2) is 0 Å². The molecule has 2 heterocycles. The van der Waals surface area contributed by atoms with Crippen LogP contribution in [-0.4, -0.2) is 36.3 Å². The van der Waals surface area contributed by atoms with Gasteiger partial charge >= 0.3 is 0 Å². The standard InChI is InChI=1S/C14H15ClN2O2/c15-11-3-1-9(2-4-11)14(19)17-6-5-12-10(8-17)7-16-13(12)18/h1-4,10,12H,5-8H2,(H,16,18). The van der Waals surface area contributed by atoms with Gasteiger partial charge in [-0.25, -0.2) is 0 Å².